The fourth-order valence-corrected chi connectivity index (χ4v) is 2.31. The number of aliphatic hydroxyl groups is 1. The summed E-state index contributed by atoms with van der Waals surface area (Å²) >= 11 is 6.48. The van der Waals surface area contributed by atoms with Crippen LogP contribution in [0.3, 0.4) is 0 Å². The van der Waals surface area contributed by atoms with Gasteiger partial charge in [-0.25, -0.2) is 0 Å². The number of hydrogen-bond donors (Lipinski definition) is 2. The van der Waals surface area contributed by atoms with E-state index in [0.29, 0.717) is 4.67 Å². The Balaban J connectivity index is 2.02. The Kier molecular flexibility index (Phi) is 5.01. The van der Waals surface area contributed by atoms with E-state index in [1.54, 1.807) is 31.2 Å². The third-order valence-corrected chi connectivity index (χ3v) is 3.80. The van der Waals surface area contributed by atoms with Crippen LogP contribution in [-0.4, -0.2) is 17.1 Å². The molecule has 20 heavy (non-hydrogen) atoms. The minimum Gasteiger partial charge on any atom is -0.444 e. The Hall–Kier alpha value is -1.11. The standard InChI is InChI=1S/C14H13Br2NO3/c1-8(13(18)9-2-4-10(15)5-3-9)17-14(19)11-6-7-12(16)20-11/h2-8,13,18H,1H3,(H,17,19)/t8-,13-/m1/s1. The van der Waals surface area contributed by atoms with Gasteiger partial charge in [-0.2, -0.15) is 0 Å². The lowest BCUT2D eigenvalue weighted by molar-refractivity contribution is 0.0825. The molecule has 0 radical (unpaired) electrons. The highest BCUT2D eigenvalue weighted by molar-refractivity contribution is 9.10. The molecule has 6 heteroatoms. The summed E-state index contributed by atoms with van der Waals surface area (Å²) in [5, 5.41) is 12.9. The van der Waals surface area contributed by atoms with E-state index in [9.17, 15) is 9.90 Å². The number of carbonyl (C=O) groups excluding carboxylic acids is 1. The third kappa shape index (κ3) is 3.71. The fourth-order valence-electron chi connectivity index (χ4n) is 1.74. The molecule has 0 aliphatic heterocycles. The van der Waals surface area contributed by atoms with E-state index in [-0.39, 0.29) is 11.7 Å². The Labute approximate surface area is 133 Å². The van der Waals surface area contributed by atoms with E-state index in [4.69, 9.17) is 4.42 Å². The topological polar surface area (TPSA) is 62.5 Å². The van der Waals surface area contributed by atoms with Crippen LogP contribution in [0.4, 0.5) is 0 Å². The average Bonchev–Trinajstić information content (AvgIpc) is 2.85. The summed E-state index contributed by atoms with van der Waals surface area (Å²) < 4.78 is 6.59. The first-order valence-corrected chi connectivity index (χ1v) is 7.55. The molecule has 0 fully saturated rings. The number of amides is 1. The molecule has 2 aromatic rings. The molecule has 1 heterocycles. The second kappa shape index (κ2) is 6.56. The molecule has 1 aromatic heterocycles. The van der Waals surface area contributed by atoms with Crippen molar-refractivity contribution in [2.24, 2.45) is 0 Å². The monoisotopic (exact) mass is 401 g/mol. The van der Waals surface area contributed by atoms with Crippen LogP contribution in [0, 0.1) is 0 Å². The predicted octanol–water partition coefficient (Wildman–Crippen LogP) is 3.66. The van der Waals surface area contributed by atoms with E-state index >= 15 is 0 Å². The van der Waals surface area contributed by atoms with Gasteiger partial charge in [0.1, 0.15) is 0 Å². The molecular formula is C14H13Br2NO3. The highest BCUT2D eigenvalue weighted by Crippen LogP contribution is 2.20. The van der Waals surface area contributed by atoms with Gasteiger partial charge in [-0.05, 0) is 52.7 Å². The highest BCUT2D eigenvalue weighted by Gasteiger charge is 2.20. The molecule has 0 bridgehead atoms. The second-order valence-corrected chi connectivity index (χ2v) is 6.06. The average molecular weight is 403 g/mol. The maximum absolute atomic E-state index is 11.9. The normalized spacial score (nSPS) is 13.8. The number of rotatable bonds is 4. The van der Waals surface area contributed by atoms with Gasteiger partial charge in [-0.3, -0.25) is 4.79 Å². The molecule has 1 amide bonds. The summed E-state index contributed by atoms with van der Waals surface area (Å²) in [7, 11) is 0. The van der Waals surface area contributed by atoms with Gasteiger partial charge in [0.25, 0.3) is 5.91 Å². The number of carbonyl (C=O) groups is 1. The smallest absolute Gasteiger partial charge is 0.287 e. The van der Waals surface area contributed by atoms with Crippen molar-refractivity contribution in [1.29, 1.82) is 0 Å². The lowest BCUT2D eigenvalue weighted by Crippen LogP contribution is -2.36. The van der Waals surface area contributed by atoms with Gasteiger partial charge in [0.05, 0.1) is 12.1 Å². The molecule has 0 spiro atoms. The summed E-state index contributed by atoms with van der Waals surface area (Å²) in [5.74, 6) is -0.161. The van der Waals surface area contributed by atoms with Gasteiger partial charge in [-0.15, -0.1) is 0 Å². The van der Waals surface area contributed by atoms with E-state index in [0.717, 1.165) is 10.0 Å². The predicted molar refractivity (Wildman–Crippen MR) is 82.4 cm³/mol. The van der Waals surface area contributed by atoms with Gasteiger partial charge in [0.15, 0.2) is 10.4 Å². The van der Waals surface area contributed by atoms with Crippen molar-refractivity contribution in [3.63, 3.8) is 0 Å². The molecule has 2 atom stereocenters. The zero-order chi connectivity index (χ0) is 14.7. The SMILES string of the molecule is C[C@@H](NC(=O)c1ccc(Br)o1)[C@@H](O)c1ccc(Br)cc1. The van der Waals surface area contributed by atoms with Crippen molar-refractivity contribution in [3.8, 4) is 0 Å². The van der Waals surface area contributed by atoms with Crippen molar-refractivity contribution in [3.05, 3.63) is 56.9 Å². The maximum Gasteiger partial charge on any atom is 0.287 e. The molecular weight excluding hydrogens is 390 g/mol. The minimum absolute atomic E-state index is 0.201. The number of nitrogens with one attached hydrogen (secondary N) is 1. The molecule has 0 saturated heterocycles. The van der Waals surface area contributed by atoms with Gasteiger partial charge in [0.2, 0.25) is 0 Å². The maximum atomic E-state index is 11.9. The molecule has 106 valence electrons. The molecule has 1 aromatic carbocycles. The van der Waals surface area contributed by atoms with E-state index < -0.39 is 12.1 Å². The number of halogens is 2. The number of benzene rings is 1. The Bertz CT molecular complexity index is 595. The summed E-state index contributed by atoms with van der Waals surface area (Å²) in [5.41, 5.74) is 0.738. The largest absolute Gasteiger partial charge is 0.444 e. The number of furan rings is 1. The number of hydrogen-bond acceptors (Lipinski definition) is 3. The first-order valence-electron chi connectivity index (χ1n) is 5.97. The Morgan fingerprint density at radius 1 is 1.20 bits per heavy atom. The van der Waals surface area contributed by atoms with Crippen LogP contribution in [0.5, 0.6) is 0 Å². The van der Waals surface area contributed by atoms with E-state index in [2.05, 4.69) is 37.2 Å². The molecule has 0 aliphatic carbocycles. The van der Waals surface area contributed by atoms with Crippen molar-refractivity contribution in [2.75, 3.05) is 0 Å². The van der Waals surface area contributed by atoms with E-state index in [1.807, 2.05) is 12.1 Å². The summed E-state index contributed by atoms with van der Waals surface area (Å²) in [4.78, 5) is 11.9. The molecule has 2 N–H and O–H groups in total. The van der Waals surface area contributed by atoms with Crippen LogP contribution in [-0.2, 0) is 0 Å². The first-order chi connectivity index (χ1) is 9.47. The summed E-state index contributed by atoms with van der Waals surface area (Å²) in [6.45, 7) is 1.74. The lowest BCUT2D eigenvalue weighted by Gasteiger charge is -2.20. The second-order valence-electron chi connectivity index (χ2n) is 4.36. The summed E-state index contributed by atoms with van der Waals surface area (Å²) in [6, 6.07) is 10.1. The van der Waals surface area contributed by atoms with Crippen LogP contribution in [0.1, 0.15) is 29.1 Å². The third-order valence-electron chi connectivity index (χ3n) is 2.84. The molecule has 0 aliphatic rings. The molecule has 2 rings (SSSR count). The Morgan fingerprint density at radius 3 is 2.40 bits per heavy atom. The van der Waals surface area contributed by atoms with Crippen molar-refractivity contribution >= 4 is 37.8 Å². The molecule has 0 unspecified atom stereocenters. The highest BCUT2D eigenvalue weighted by atomic mass is 79.9. The van der Waals surface area contributed by atoms with Crippen LogP contribution in [0.25, 0.3) is 0 Å². The zero-order valence-electron chi connectivity index (χ0n) is 10.6. The fraction of sp³-hybridized carbons (Fsp3) is 0.214. The van der Waals surface area contributed by atoms with Gasteiger partial charge in [-0.1, -0.05) is 28.1 Å². The van der Waals surface area contributed by atoms with Gasteiger partial charge < -0.3 is 14.8 Å². The quantitative estimate of drug-likeness (QED) is 0.820. The van der Waals surface area contributed by atoms with Crippen LogP contribution >= 0.6 is 31.9 Å². The zero-order valence-corrected chi connectivity index (χ0v) is 13.8. The first kappa shape index (κ1) is 15.3. The van der Waals surface area contributed by atoms with Crippen molar-refractivity contribution < 1.29 is 14.3 Å². The Morgan fingerprint density at radius 2 is 1.85 bits per heavy atom. The summed E-state index contributed by atoms with van der Waals surface area (Å²) in [6.07, 6.45) is -0.787. The number of aliphatic hydroxyl groups excluding tert-OH is 1. The van der Waals surface area contributed by atoms with Crippen LogP contribution in [0.2, 0.25) is 0 Å². The lowest BCUT2D eigenvalue weighted by atomic mass is 10.0. The van der Waals surface area contributed by atoms with Crippen molar-refractivity contribution in [2.45, 2.75) is 19.1 Å². The van der Waals surface area contributed by atoms with Crippen LogP contribution in [0.15, 0.2) is 50.0 Å². The van der Waals surface area contributed by atoms with Crippen LogP contribution < -0.4 is 5.32 Å². The molecule has 4 nitrogen and oxygen atoms in total. The van der Waals surface area contributed by atoms with Gasteiger partial charge in [0, 0.05) is 4.47 Å². The van der Waals surface area contributed by atoms with Crippen molar-refractivity contribution in [1.82, 2.24) is 5.32 Å². The molecule has 0 saturated carbocycles. The van der Waals surface area contributed by atoms with Gasteiger partial charge >= 0.3 is 0 Å². The minimum atomic E-state index is -0.787. The van der Waals surface area contributed by atoms with E-state index in [1.165, 1.54) is 0 Å².